The molecule has 1 aromatic heterocycles. The van der Waals surface area contributed by atoms with E-state index in [1.54, 1.807) is 25.1 Å². The predicted octanol–water partition coefficient (Wildman–Crippen LogP) is 2.40. The van der Waals surface area contributed by atoms with E-state index in [-0.39, 0.29) is 11.7 Å². The van der Waals surface area contributed by atoms with Crippen LogP contribution in [0.3, 0.4) is 0 Å². The lowest BCUT2D eigenvalue weighted by Crippen LogP contribution is -2.05. The smallest absolute Gasteiger partial charge is 0.372 e. The number of benzene rings is 1. The molecule has 0 saturated heterocycles. The summed E-state index contributed by atoms with van der Waals surface area (Å²) in [6.07, 6.45) is 0. The minimum absolute atomic E-state index is 0.0695. The van der Waals surface area contributed by atoms with Gasteiger partial charge in [0.05, 0.1) is 0 Å². The van der Waals surface area contributed by atoms with Gasteiger partial charge < -0.3 is 14.8 Å². The van der Waals surface area contributed by atoms with Gasteiger partial charge in [0.1, 0.15) is 5.58 Å². The van der Waals surface area contributed by atoms with Crippen molar-refractivity contribution in [3.8, 4) is 0 Å². The maximum absolute atomic E-state index is 10.9. The Balaban J connectivity index is 2.57. The lowest BCUT2D eigenvalue weighted by Gasteiger charge is -2.00. The maximum atomic E-state index is 10.9. The van der Waals surface area contributed by atoms with E-state index in [9.17, 15) is 9.59 Å². The molecule has 0 spiro atoms. The number of aromatic carboxylic acids is 1. The van der Waals surface area contributed by atoms with Crippen LogP contribution < -0.4 is 5.32 Å². The highest BCUT2D eigenvalue weighted by Crippen LogP contribution is 2.27. The number of carboxylic acid groups (broad SMARTS) is 1. The number of carbonyl (C=O) groups excluding carboxylic acids is 1. The molecule has 1 aromatic carbocycles. The van der Waals surface area contributed by atoms with E-state index >= 15 is 0 Å². The normalized spacial score (nSPS) is 10.5. The summed E-state index contributed by atoms with van der Waals surface area (Å²) in [6, 6.07) is 5.00. The van der Waals surface area contributed by atoms with Crippen molar-refractivity contribution < 1.29 is 19.1 Å². The SMILES string of the molecule is CC(=O)Nc1ccc2oc(C(=O)O)c(C)c2c1. The molecule has 0 radical (unpaired) electrons. The zero-order valence-corrected chi connectivity index (χ0v) is 9.40. The minimum atomic E-state index is -1.10. The molecule has 0 aliphatic carbocycles. The van der Waals surface area contributed by atoms with Crippen LogP contribution in [0.1, 0.15) is 23.0 Å². The molecule has 2 aromatic rings. The molecule has 5 nitrogen and oxygen atoms in total. The van der Waals surface area contributed by atoms with Gasteiger partial charge in [0.25, 0.3) is 0 Å². The summed E-state index contributed by atoms with van der Waals surface area (Å²) in [5.74, 6) is -1.34. The van der Waals surface area contributed by atoms with Gasteiger partial charge in [-0.15, -0.1) is 0 Å². The lowest BCUT2D eigenvalue weighted by molar-refractivity contribution is -0.114. The first kappa shape index (κ1) is 11.2. The average molecular weight is 233 g/mol. The Morgan fingerprint density at radius 3 is 2.65 bits per heavy atom. The van der Waals surface area contributed by atoms with E-state index in [0.29, 0.717) is 22.2 Å². The molecular formula is C12H11NO4. The first-order valence-corrected chi connectivity index (χ1v) is 5.03. The van der Waals surface area contributed by atoms with Crippen LogP contribution in [0.5, 0.6) is 0 Å². The van der Waals surface area contributed by atoms with Crippen molar-refractivity contribution in [2.75, 3.05) is 5.32 Å². The zero-order chi connectivity index (χ0) is 12.6. The highest BCUT2D eigenvalue weighted by atomic mass is 16.4. The molecule has 1 heterocycles. The Morgan fingerprint density at radius 2 is 2.06 bits per heavy atom. The number of rotatable bonds is 2. The Labute approximate surface area is 97.0 Å². The van der Waals surface area contributed by atoms with E-state index in [0.717, 1.165) is 0 Å². The lowest BCUT2D eigenvalue weighted by atomic mass is 10.1. The number of fused-ring (bicyclic) bond motifs is 1. The van der Waals surface area contributed by atoms with Crippen molar-refractivity contribution in [3.05, 3.63) is 29.5 Å². The number of hydrogen-bond acceptors (Lipinski definition) is 3. The van der Waals surface area contributed by atoms with E-state index in [1.807, 2.05) is 0 Å². The van der Waals surface area contributed by atoms with E-state index in [2.05, 4.69) is 5.32 Å². The van der Waals surface area contributed by atoms with Gasteiger partial charge in [-0.25, -0.2) is 4.79 Å². The molecule has 0 unspecified atom stereocenters. The van der Waals surface area contributed by atoms with E-state index < -0.39 is 5.97 Å². The standard InChI is InChI=1S/C12H11NO4/c1-6-9-5-8(13-7(2)14)3-4-10(9)17-11(6)12(15)16/h3-5H,1-2H3,(H,13,14)(H,15,16). The van der Waals surface area contributed by atoms with Gasteiger partial charge in [0, 0.05) is 23.6 Å². The topological polar surface area (TPSA) is 79.5 Å². The van der Waals surface area contributed by atoms with Crippen LogP contribution in [-0.4, -0.2) is 17.0 Å². The van der Waals surface area contributed by atoms with Gasteiger partial charge in [-0.05, 0) is 25.1 Å². The van der Waals surface area contributed by atoms with Gasteiger partial charge in [-0.3, -0.25) is 4.79 Å². The molecule has 0 aliphatic heterocycles. The number of carboxylic acids is 1. The number of hydrogen-bond donors (Lipinski definition) is 2. The van der Waals surface area contributed by atoms with Crippen molar-refractivity contribution in [2.24, 2.45) is 0 Å². The van der Waals surface area contributed by atoms with Crippen LogP contribution in [0.4, 0.5) is 5.69 Å². The molecule has 5 heteroatoms. The van der Waals surface area contributed by atoms with Crippen LogP contribution in [0, 0.1) is 6.92 Å². The van der Waals surface area contributed by atoms with Gasteiger partial charge in [-0.2, -0.15) is 0 Å². The number of aryl methyl sites for hydroxylation is 1. The van der Waals surface area contributed by atoms with Crippen molar-refractivity contribution in [1.82, 2.24) is 0 Å². The molecule has 2 N–H and O–H groups in total. The largest absolute Gasteiger partial charge is 0.475 e. The molecule has 0 aliphatic rings. The predicted molar refractivity (Wildman–Crippen MR) is 62.2 cm³/mol. The highest BCUT2D eigenvalue weighted by Gasteiger charge is 2.16. The first-order chi connectivity index (χ1) is 7.99. The molecule has 2 rings (SSSR count). The van der Waals surface area contributed by atoms with Gasteiger partial charge in [0.15, 0.2) is 0 Å². The summed E-state index contributed by atoms with van der Waals surface area (Å²) in [5.41, 5.74) is 1.67. The maximum Gasteiger partial charge on any atom is 0.372 e. The summed E-state index contributed by atoms with van der Waals surface area (Å²) < 4.78 is 5.21. The Bertz CT molecular complexity index is 612. The fraction of sp³-hybridized carbons (Fsp3) is 0.167. The second-order valence-corrected chi connectivity index (χ2v) is 3.75. The third kappa shape index (κ3) is 1.99. The third-order valence-electron chi connectivity index (χ3n) is 2.45. The minimum Gasteiger partial charge on any atom is -0.475 e. The van der Waals surface area contributed by atoms with Gasteiger partial charge >= 0.3 is 5.97 Å². The van der Waals surface area contributed by atoms with Crippen LogP contribution in [0.25, 0.3) is 11.0 Å². The number of carbonyl (C=O) groups is 2. The molecule has 0 bridgehead atoms. The Hall–Kier alpha value is -2.30. The Kier molecular flexibility index (Phi) is 2.59. The molecule has 1 amide bonds. The van der Waals surface area contributed by atoms with Crippen LogP contribution in [-0.2, 0) is 4.79 Å². The summed E-state index contributed by atoms with van der Waals surface area (Å²) in [7, 11) is 0. The monoisotopic (exact) mass is 233 g/mol. The second kappa shape index (κ2) is 3.93. The molecule has 0 atom stereocenters. The summed E-state index contributed by atoms with van der Waals surface area (Å²) in [5, 5.41) is 12.2. The summed E-state index contributed by atoms with van der Waals surface area (Å²) >= 11 is 0. The number of furan rings is 1. The third-order valence-corrected chi connectivity index (χ3v) is 2.45. The second-order valence-electron chi connectivity index (χ2n) is 3.75. The zero-order valence-electron chi connectivity index (χ0n) is 9.40. The molecule has 17 heavy (non-hydrogen) atoms. The number of nitrogens with one attached hydrogen (secondary N) is 1. The van der Waals surface area contributed by atoms with E-state index in [4.69, 9.17) is 9.52 Å². The average Bonchev–Trinajstić information content (AvgIpc) is 2.56. The van der Waals surface area contributed by atoms with Gasteiger partial charge in [-0.1, -0.05) is 0 Å². The van der Waals surface area contributed by atoms with E-state index in [1.165, 1.54) is 6.92 Å². The fourth-order valence-corrected chi connectivity index (χ4v) is 1.71. The quantitative estimate of drug-likeness (QED) is 0.834. The van der Waals surface area contributed by atoms with Crippen molar-refractivity contribution in [1.29, 1.82) is 0 Å². The fourth-order valence-electron chi connectivity index (χ4n) is 1.71. The number of anilines is 1. The van der Waals surface area contributed by atoms with Crippen molar-refractivity contribution >= 4 is 28.5 Å². The Morgan fingerprint density at radius 1 is 1.35 bits per heavy atom. The number of amides is 1. The molecule has 0 fully saturated rings. The molecule has 0 saturated carbocycles. The molecule has 88 valence electrons. The van der Waals surface area contributed by atoms with Crippen LogP contribution in [0.15, 0.2) is 22.6 Å². The van der Waals surface area contributed by atoms with Crippen LogP contribution >= 0.6 is 0 Å². The summed E-state index contributed by atoms with van der Waals surface area (Å²) in [4.78, 5) is 21.8. The highest BCUT2D eigenvalue weighted by molar-refractivity contribution is 5.97. The molecular weight excluding hydrogens is 222 g/mol. The van der Waals surface area contributed by atoms with Crippen molar-refractivity contribution in [2.45, 2.75) is 13.8 Å². The first-order valence-electron chi connectivity index (χ1n) is 5.03. The van der Waals surface area contributed by atoms with Crippen LogP contribution in [0.2, 0.25) is 0 Å². The van der Waals surface area contributed by atoms with Crippen molar-refractivity contribution in [3.63, 3.8) is 0 Å². The summed E-state index contributed by atoms with van der Waals surface area (Å²) in [6.45, 7) is 3.09. The van der Waals surface area contributed by atoms with Gasteiger partial charge in [0.2, 0.25) is 11.7 Å².